The Morgan fingerprint density at radius 1 is 1.38 bits per heavy atom. The number of fused-ring (bicyclic) bond motifs is 1. The minimum absolute atomic E-state index is 0.674. The summed E-state index contributed by atoms with van der Waals surface area (Å²) in [4.78, 5) is 8.89. The van der Waals surface area contributed by atoms with Crippen molar-refractivity contribution in [1.29, 1.82) is 0 Å². The minimum Gasteiger partial charge on any atom is -0.369 e. The molecule has 0 aliphatic rings. The van der Waals surface area contributed by atoms with Gasteiger partial charge >= 0.3 is 0 Å². The zero-order valence-electron chi connectivity index (χ0n) is 11.3. The Labute approximate surface area is 135 Å². The van der Waals surface area contributed by atoms with Gasteiger partial charge in [-0.05, 0) is 41.1 Å². The molecule has 3 aromatic rings. The Hall–Kier alpha value is -1.79. The number of nitrogens with one attached hydrogen (secondary N) is 2. The van der Waals surface area contributed by atoms with Gasteiger partial charge in [-0.15, -0.1) is 0 Å². The third kappa shape index (κ3) is 2.96. The van der Waals surface area contributed by atoms with E-state index in [-0.39, 0.29) is 0 Å². The molecule has 0 fully saturated rings. The van der Waals surface area contributed by atoms with Gasteiger partial charge in [-0.25, -0.2) is 9.97 Å². The first kappa shape index (κ1) is 14.2. The van der Waals surface area contributed by atoms with E-state index in [1.165, 1.54) is 0 Å². The maximum Gasteiger partial charge on any atom is 0.180 e. The van der Waals surface area contributed by atoms with Gasteiger partial charge in [0.2, 0.25) is 0 Å². The van der Waals surface area contributed by atoms with Crippen LogP contribution in [0.4, 0.5) is 17.3 Å². The topological polar surface area (TPSA) is 54.2 Å². The summed E-state index contributed by atoms with van der Waals surface area (Å²) in [6.45, 7) is 2.83. The van der Waals surface area contributed by atoms with E-state index in [0.29, 0.717) is 10.8 Å². The van der Waals surface area contributed by atoms with Crippen LogP contribution in [0.1, 0.15) is 6.92 Å². The highest BCUT2D eigenvalue weighted by Crippen LogP contribution is 2.29. The smallest absolute Gasteiger partial charge is 0.180 e. The van der Waals surface area contributed by atoms with Gasteiger partial charge < -0.3 is 15.0 Å². The molecule has 0 unspecified atom stereocenters. The van der Waals surface area contributed by atoms with Crippen molar-refractivity contribution in [1.82, 2.24) is 14.4 Å². The molecule has 7 heteroatoms. The van der Waals surface area contributed by atoms with Crippen molar-refractivity contribution in [3.63, 3.8) is 0 Å². The molecular formula is C14H13BrClN5. The molecule has 21 heavy (non-hydrogen) atoms. The number of hydrogen-bond acceptors (Lipinski definition) is 4. The zero-order valence-corrected chi connectivity index (χ0v) is 13.6. The average Bonchev–Trinajstić information content (AvgIpc) is 2.91. The second-order valence-corrected chi connectivity index (χ2v) is 5.70. The number of hydrogen-bond donors (Lipinski definition) is 2. The van der Waals surface area contributed by atoms with E-state index in [1.807, 2.05) is 41.9 Å². The fourth-order valence-corrected chi connectivity index (χ4v) is 2.78. The number of aromatic nitrogens is 3. The van der Waals surface area contributed by atoms with Crippen LogP contribution in [-0.2, 0) is 0 Å². The van der Waals surface area contributed by atoms with Crippen molar-refractivity contribution in [3.05, 3.63) is 46.3 Å². The van der Waals surface area contributed by atoms with Crippen molar-refractivity contribution in [3.8, 4) is 0 Å². The lowest BCUT2D eigenvalue weighted by Crippen LogP contribution is -2.05. The SMILES string of the molecule is CCNc1cn2ccnc2c(Nc2ccc(Cl)cc2Br)n1. The largest absolute Gasteiger partial charge is 0.369 e. The molecule has 0 radical (unpaired) electrons. The zero-order chi connectivity index (χ0) is 14.8. The van der Waals surface area contributed by atoms with Crippen molar-refractivity contribution in [2.45, 2.75) is 6.92 Å². The van der Waals surface area contributed by atoms with E-state index in [0.717, 1.165) is 28.2 Å². The number of halogens is 2. The van der Waals surface area contributed by atoms with Gasteiger partial charge in [0.1, 0.15) is 5.82 Å². The standard InChI is InChI=1S/C14H13BrClN5/c1-2-17-12-8-21-6-5-18-14(21)13(20-12)19-11-4-3-9(16)7-10(11)15/h3-8,17H,2H2,1H3,(H,19,20). The molecule has 108 valence electrons. The summed E-state index contributed by atoms with van der Waals surface area (Å²) in [5.74, 6) is 1.47. The van der Waals surface area contributed by atoms with Crippen LogP contribution in [-0.4, -0.2) is 20.9 Å². The van der Waals surface area contributed by atoms with Crippen molar-refractivity contribution >= 4 is 50.5 Å². The van der Waals surface area contributed by atoms with Crippen LogP contribution in [0.25, 0.3) is 5.65 Å². The maximum absolute atomic E-state index is 5.96. The Morgan fingerprint density at radius 2 is 2.24 bits per heavy atom. The first-order chi connectivity index (χ1) is 10.2. The predicted octanol–water partition coefficient (Wildman–Crippen LogP) is 4.32. The molecule has 2 aromatic heterocycles. The average molecular weight is 367 g/mol. The lowest BCUT2D eigenvalue weighted by atomic mass is 10.3. The third-order valence-corrected chi connectivity index (χ3v) is 3.81. The summed E-state index contributed by atoms with van der Waals surface area (Å²) in [5.41, 5.74) is 1.64. The van der Waals surface area contributed by atoms with Crippen molar-refractivity contribution in [2.24, 2.45) is 0 Å². The molecular weight excluding hydrogens is 354 g/mol. The van der Waals surface area contributed by atoms with Gasteiger partial charge in [-0.3, -0.25) is 0 Å². The Bertz CT molecular complexity index is 786. The van der Waals surface area contributed by atoms with Crippen molar-refractivity contribution < 1.29 is 0 Å². The van der Waals surface area contributed by atoms with Crippen LogP contribution >= 0.6 is 27.5 Å². The molecule has 1 aromatic carbocycles. The molecule has 0 saturated heterocycles. The highest BCUT2D eigenvalue weighted by atomic mass is 79.9. The summed E-state index contributed by atoms with van der Waals surface area (Å²) < 4.78 is 2.80. The van der Waals surface area contributed by atoms with Crippen LogP contribution in [0.3, 0.4) is 0 Å². The number of nitrogens with zero attached hydrogens (tertiary/aromatic N) is 3. The summed E-state index contributed by atoms with van der Waals surface area (Å²) in [6, 6.07) is 5.56. The Morgan fingerprint density at radius 3 is 3.00 bits per heavy atom. The molecule has 3 rings (SSSR count). The first-order valence-corrected chi connectivity index (χ1v) is 7.64. The lowest BCUT2D eigenvalue weighted by Gasteiger charge is -2.11. The third-order valence-electron chi connectivity index (χ3n) is 2.92. The van der Waals surface area contributed by atoms with E-state index in [4.69, 9.17) is 11.6 Å². The molecule has 2 N–H and O–H groups in total. The summed E-state index contributed by atoms with van der Waals surface area (Å²) in [5, 5.41) is 7.17. The van der Waals surface area contributed by atoms with E-state index in [2.05, 4.69) is 36.5 Å². The fourth-order valence-electron chi connectivity index (χ4n) is 2.00. The second-order valence-electron chi connectivity index (χ2n) is 4.41. The molecule has 0 saturated carbocycles. The molecule has 0 aliphatic carbocycles. The van der Waals surface area contributed by atoms with Gasteiger partial charge in [0.25, 0.3) is 0 Å². The molecule has 2 heterocycles. The molecule has 0 atom stereocenters. The quantitative estimate of drug-likeness (QED) is 0.722. The Balaban J connectivity index is 2.04. The van der Waals surface area contributed by atoms with E-state index >= 15 is 0 Å². The summed E-state index contributed by atoms with van der Waals surface area (Å²) >= 11 is 9.46. The fraction of sp³-hybridized carbons (Fsp3) is 0.143. The summed E-state index contributed by atoms with van der Waals surface area (Å²) in [6.07, 6.45) is 5.54. The summed E-state index contributed by atoms with van der Waals surface area (Å²) in [7, 11) is 0. The van der Waals surface area contributed by atoms with E-state index in [9.17, 15) is 0 Å². The molecule has 0 aliphatic heterocycles. The van der Waals surface area contributed by atoms with Crippen LogP contribution in [0, 0.1) is 0 Å². The van der Waals surface area contributed by atoms with E-state index in [1.54, 1.807) is 6.20 Å². The predicted molar refractivity (Wildman–Crippen MR) is 89.6 cm³/mol. The monoisotopic (exact) mass is 365 g/mol. The van der Waals surface area contributed by atoms with Gasteiger partial charge in [-0.1, -0.05) is 11.6 Å². The van der Waals surface area contributed by atoms with Gasteiger partial charge in [0.15, 0.2) is 11.5 Å². The van der Waals surface area contributed by atoms with E-state index < -0.39 is 0 Å². The van der Waals surface area contributed by atoms with Gasteiger partial charge in [-0.2, -0.15) is 0 Å². The molecule has 0 spiro atoms. The highest BCUT2D eigenvalue weighted by molar-refractivity contribution is 9.10. The number of rotatable bonds is 4. The second kappa shape index (κ2) is 5.91. The normalized spacial score (nSPS) is 10.8. The van der Waals surface area contributed by atoms with Gasteiger partial charge in [0.05, 0.1) is 11.9 Å². The van der Waals surface area contributed by atoms with Crippen LogP contribution in [0.5, 0.6) is 0 Å². The minimum atomic E-state index is 0.674. The van der Waals surface area contributed by atoms with Crippen LogP contribution in [0.2, 0.25) is 5.02 Å². The first-order valence-electron chi connectivity index (χ1n) is 6.47. The molecule has 5 nitrogen and oxygen atoms in total. The lowest BCUT2D eigenvalue weighted by molar-refractivity contribution is 1.09. The number of anilines is 3. The van der Waals surface area contributed by atoms with Crippen LogP contribution in [0.15, 0.2) is 41.3 Å². The number of imidazole rings is 1. The van der Waals surface area contributed by atoms with Crippen LogP contribution < -0.4 is 10.6 Å². The Kier molecular flexibility index (Phi) is 3.98. The van der Waals surface area contributed by atoms with Gasteiger partial charge in [0, 0.05) is 28.4 Å². The number of benzene rings is 1. The molecule has 0 bridgehead atoms. The molecule has 0 amide bonds. The van der Waals surface area contributed by atoms with Crippen molar-refractivity contribution in [2.75, 3.05) is 17.2 Å². The maximum atomic E-state index is 5.96. The highest BCUT2D eigenvalue weighted by Gasteiger charge is 2.09.